The topological polar surface area (TPSA) is 44.2 Å². The molecule has 8 heteroatoms. The maximum atomic E-state index is 12.2. The van der Waals surface area contributed by atoms with Crippen molar-refractivity contribution in [2.24, 2.45) is 0 Å². The quantitative estimate of drug-likeness (QED) is 0.780. The lowest BCUT2D eigenvalue weighted by molar-refractivity contribution is -0.274. The third kappa shape index (κ3) is 3.24. The Kier molecular flexibility index (Phi) is 3.82. The van der Waals surface area contributed by atoms with E-state index >= 15 is 0 Å². The lowest BCUT2D eigenvalue weighted by Crippen LogP contribution is -2.17. The molecule has 0 unspecified atom stereocenters. The van der Waals surface area contributed by atoms with Crippen LogP contribution in [-0.2, 0) is 6.42 Å². The first-order valence-corrected chi connectivity index (χ1v) is 6.85. The summed E-state index contributed by atoms with van der Waals surface area (Å²) in [6.07, 6.45) is -3.17. The van der Waals surface area contributed by atoms with Gasteiger partial charge in [-0.05, 0) is 48.7 Å². The first-order valence-electron chi connectivity index (χ1n) is 6.48. The monoisotopic (exact) mass is 330 g/mol. The molecule has 0 spiro atoms. The van der Waals surface area contributed by atoms with E-state index < -0.39 is 6.36 Å². The molecule has 0 radical (unpaired) electrons. The molecule has 2 heterocycles. The first kappa shape index (κ1) is 14.9. The molecule has 0 N–H and O–H groups in total. The number of alkyl halides is 3. The molecule has 3 rings (SSSR count). The lowest BCUT2D eigenvalue weighted by atomic mass is 10.0. The molecule has 22 heavy (non-hydrogen) atoms. The van der Waals surface area contributed by atoms with Gasteiger partial charge in [0, 0.05) is 11.1 Å². The Morgan fingerprint density at radius 1 is 1.14 bits per heavy atom. The van der Waals surface area contributed by atoms with Crippen LogP contribution in [0, 0.1) is 0 Å². The Morgan fingerprint density at radius 2 is 1.86 bits per heavy atom. The van der Waals surface area contributed by atoms with Gasteiger partial charge in [-0.25, -0.2) is 4.98 Å². The van der Waals surface area contributed by atoms with Crippen LogP contribution in [0.5, 0.6) is 11.6 Å². The highest BCUT2D eigenvalue weighted by Gasteiger charge is 2.31. The molecular weight excluding hydrogens is 321 g/mol. The van der Waals surface area contributed by atoms with Crippen LogP contribution in [0.25, 0.3) is 11.3 Å². The minimum atomic E-state index is -4.72. The van der Waals surface area contributed by atoms with E-state index in [0.717, 1.165) is 18.4 Å². The molecule has 0 amide bonds. The predicted molar refractivity (Wildman–Crippen MR) is 73.0 cm³/mol. The van der Waals surface area contributed by atoms with Gasteiger partial charge in [-0.15, -0.1) is 13.2 Å². The van der Waals surface area contributed by atoms with Gasteiger partial charge in [0.05, 0.1) is 12.3 Å². The van der Waals surface area contributed by atoms with Gasteiger partial charge >= 0.3 is 6.36 Å². The zero-order valence-electron chi connectivity index (χ0n) is 11.2. The third-order valence-electron chi connectivity index (χ3n) is 3.11. The number of hydrogen-bond acceptors (Lipinski definition) is 4. The van der Waals surface area contributed by atoms with Crippen molar-refractivity contribution in [2.45, 2.75) is 19.2 Å². The van der Waals surface area contributed by atoms with E-state index in [0.29, 0.717) is 23.7 Å². The van der Waals surface area contributed by atoms with Crippen molar-refractivity contribution in [1.82, 2.24) is 9.97 Å². The van der Waals surface area contributed by atoms with Gasteiger partial charge in [0.2, 0.25) is 11.2 Å². The second-order valence-corrected chi connectivity index (χ2v) is 4.99. The normalized spacial score (nSPS) is 14.2. The molecule has 0 bridgehead atoms. The summed E-state index contributed by atoms with van der Waals surface area (Å²) in [4.78, 5) is 8.20. The number of fused-ring (bicyclic) bond motifs is 1. The van der Waals surface area contributed by atoms with Crippen LogP contribution in [0.4, 0.5) is 13.2 Å². The van der Waals surface area contributed by atoms with Gasteiger partial charge in [-0.2, -0.15) is 4.98 Å². The second-order valence-electron chi connectivity index (χ2n) is 4.65. The fourth-order valence-corrected chi connectivity index (χ4v) is 2.41. The largest absolute Gasteiger partial charge is 0.573 e. The molecule has 0 saturated carbocycles. The average molecular weight is 331 g/mol. The predicted octanol–water partition coefficient (Wildman–Crippen LogP) is 4.02. The Labute approximate surface area is 128 Å². The van der Waals surface area contributed by atoms with Crippen molar-refractivity contribution in [3.8, 4) is 22.9 Å². The van der Waals surface area contributed by atoms with Crippen LogP contribution in [0.3, 0.4) is 0 Å². The minimum Gasteiger partial charge on any atom is -0.477 e. The minimum absolute atomic E-state index is 0.0336. The molecular formula is C14H10ClF3N2O2. The Hall–Kier alpha value is -2.02. The Balaban J connectivity index is 1.96. The van der Waals surface area contributed by atoms with Crippen LogP contribution < -0.4 is 9.47 Å². The van der Waals surface area contributed by atoms with E-state index in [1.807, 2.05) is 0 Å². The molecule has 0 aliphatic carbocycles. The highest BCUT2D eigenvalue weighted by molar-refractivity contribution is 6.28. The van der Waals surface area contributed by atoms with Crippen LogP contribution in [-0.4, -0.2) is 22.9 Å². The molecule has 4 nitrogen and oxygen atoms in total. The summed E-state index contributed by atoms with van der Waals surface area (Å²) >= 11 is 5.87. The summed E-state index contributed by atoms with van der Waals surface area (Å²) in [6, 6.07) is 5.45. The molecule has 1 aromatic heterocycles. The number of hydrogen-bond donors (Lipinski definition) is 0. The highest BCUT2D eigenvalue weighted by Crippen LogP contribution is 2.34. The molecule has 1 aliphatic heterocycles. The maximum Gasteiger partial charge on any atom is 0.573 e. The molecule has 1 aromatic carbocycles. The fraction of sp³-hybridized carbons (Fsp3) is 0.286. The fourth-order valence-electron chi connectivity index (χ4n) is 2.25. The van der Waals surface area contributed by atoms with Gasteiger partial charge in [0.25, 0.3) is 0 Å². The molecule has 2 aromatic rings. The Morgan fingerprint density at radius 3 is 2.55 bits per heavy atom. The van der Waals surface area contributed by atoms with Gasteiger partial charge in [0.15, 0.2) is 0 Å². The number of nitrogens with zero attached hydrogens (tertiary/aromatic N) is 2. The van der Waals surface area contributed by atoms with Crippen molar-refractivity contribution >= 4 is 11.6 Å². The molecule has 0 atom stereocenters. The van der Waals surface area contributed by atoms with Gasteiger partial charge in [0.1, 0.15) is 5.75 Å². The van der Waals surface area contributed by atoms with E-state index in [9.17, 15) is 13.2 Å². The summed E-state index contributed by atoms with van der Waals surface area (Å²) in [5, 5.41) is 0.0336. The molecule has 0 fully saturated rings. The SMILES string of the molecule is FC(F)(F)Oc1ccc(-c2nc(Cl)nc3c2CCCO3)cc1. The van der Waals surface area contributed by atoms with Crippen molar-refractivity contribution < 1.29 is 22.6 Å². The third-order valence-corrected chi connectivity index (χ3v) is 3.28. The standard InChI is InChI=1S/C14H10ClF3N2O2/c15-13-19-11(10-2-1-7-21-12(10)20-13)8-3-5-9(6-4-8)22-14(16,17)18/h3-6H,1-2,7H2. The summed E-state index contributed by atoms with van der Waals surface area (Å²) in [5.41, 5.74) is 1.99. The van der Waals surface area contributed by atoms with E-state index in [2.05, 4.69) is 14.7 Å². The number of ether oxygens (including phenoxy) is 2. The van der Waals surface area contributed by atoms with E-state index in [1.165, 1.54) is 24.3 Å². The summed E-state index contributed by atoms with van der Waals surface area (Å²) in [5.74, 6) is 0.137. The van der Waals surface area contributed by atoms with E-state index in [-0.39, 0.29) is 11.0 Å². The second kappa shape index (κ2) is 5.64. The van der Waals surface area contributed by atoms with Crippen molar-refractivity contribution in [3.05, 3.63) is 35.1 Å². The maximum absolute atomic E-state index is 12.2. The first-order chi connectivity index (χ1) is 10.4. The van der Waals surface area contributed by atoms with Gasteiger partial charge < -0.3 is 9.47 Å². The average Bonchev–Trinajstić information content (AvgIpc) is 2.45. The van der Waals surface area contributed by atoms with Crippen LogP contribution in [0.1, 0.15) is 12.0 Å². The van der Waals surface area contributed by atoms with E-state index in [4.69, 9.17) is 16.3 Å². The van der Waals surface area contributed by atoms with Crippen molar-refractivity contribution in [1.29, 1.82) is 0 Å². The van der Waals surface area contributed by atoms with Crippen LogP contribution in [0.15, 0.2) is 24.3 Å². The van der Waals surface area contributed by atoms with Gasteiger partial charge in [-0.3, -0.25) is 0 Å². The van der Waals surface area contributed by atoms with E-state index in [1.54, 1.807) is 0 Å². The number of benzene rings is 1. The molecule has 116 valence electrons. The van der Waals surface area contributed by atoms with Gasteiger partial charge in [-0.1, -0.05) is 0 Å². The van der Waals surface area contributed by atoms with Crippen molar-refractivity contribution in [3.63, 3.8) is 0 Å². The highest BCUT2D eigenvalue weighted by atomic mass is 35.5. The summed E-state index contributed by atoms with van der Waals surface area (Å²) < 4.78 is 45.8. The number of aromatic nitrogens is 2. The summed E-state index contributed by atoms with van der Waals surface area (Å²) in [6.45, 7) is 0.554. The lowest BCUT2D eigenvalue weighted by Gasteiger charge is -2.19. The number of rotatable bonds is 2. The summed E-state index contributed by atoms with van der Waals surface area (Å²) in [7, 11) is 0. The van der Waals surface area contributed by atoms with Crippen LogP contribution in [0.2, 0.25) is 5.28 Å². The van der Waals surface area contributed by atoms with Crippen LogP contribution >= 0.6 is 11.6 Å². The smallest absolute Gasteiger partial charge is 0.477 e. The Bertz CT molecular complexity index is 690. The molecule has 1 aliphatic rings. The zero-order chi connectivity index (χ0) is 15.7. The van der Waals surface area contributed by atoms with Crippen molar-refractivity contribution in [2.75, 3.05) is 6.61 Å². The molecule has 0 saturated heterocycles. The number of halogens is 4. The zero-order valence-corrected chi connectivity index (χ0v) is 11.9.